The van der Waals surface area contributed by atoms with E-state index in [0.29, 0.717) is 5.75 Å². The Bertz CT molecular complexity index is 484. The summed E-state index contributed by atoms with van der Waals surface area (Å²) in [5.41, 5.74) is -0.0451. The van der Waals surface area contributed by atoms with Crippen molar-refractivity contribution in [1.29, 1.82) is 0 Å². The van der Waals surface area contributed by atoms with Crippen LogP contribution in [0.3, 0.4) is 0 Å². The Balaban J connectivity index is 2.93. The number of rotatable bonds is 5. The molecule has 0 unspecified atom stereocenters. The molecule has 110 valence electrons. The fourth-order valence-corrected chi connectivity index (χ4v) is 1.50. The molecule has 1 N–H and O–H groups in total. The molecule has 1 aromatic carbocycles. The molecule has 1 rings (SSSR count). The van der Waals surface area contributed by atoms with E-state index in [4.69, 9.17) is 9.84 Å². The van der Waals surface area contributed by atoms with Gasteiger partial charge in [-0.1, -0.05) is 0 Å². The molecule has 1 amide bonds. The molecular formula is C12H12F3NO4. The number of amides is 1. The highest BCUT2D eigenvalue weighted by atomic mass is 19.4. The van der Waals surface area contributed by atoms with Crippen LogP contribution in [0.5, 0.6) is 5.75 Å². The van der Waals surface area contributed by atoms with Gasteiger partial charge in [-0.05, 0) is 24.3 Å². The number of hydrogen-bond acceptors (Lipinski definition) is 3. The predicted molar refractivity (Wildman–Crippen MR) is 62.6 cm³/mol. The van der Waals surface area contributed by atoms with Crippen molar-refractivity contribution in [2.24, 2.45) is 0 Å². The van der Waals surface area contributed by atoms with Gasteiger partial charge in [-0.25, -0.2) is 0 Å². The average Bonchev–Trinajstić information content (AvgIpc) is 2.35. The molecule has 20 heavy (non-hydrogen) atoms. The minimum atomic E-state index is -4.67. The van der Waals surface area contributed by atoms with E-state index in [2.05, 4.69) is 0 Å². The lowest BCUT2D eigenvalue weighted by Gasteiger charge is -2.22. The lowest BCUT2D eigenvalue weighted by atomic mass is 10.2. The SMILES string of the molecule is COc1ccc(C(=O)N(CC(=O)O)CC(F)(F)F)cc1. The van der Waals surface area contributed by atoms with Gasteiger partial charge in [0.05, 0.1) is 7.11 Å². The van der Waals surface area contributed by atoms with Crippen molar-refractivity contribution in [3.63, 3.8) is 0 Å². The molecule has 0 saturated carbocycles. The van der Waals surface area contributed by atoms with E-state index in [1.807, 2.05) is 0 Å². The maximum Gasteiger partial charge on any atom is 0.406 e. The summed E-state index contributed by atoms with van der Waals surface area (Å²) >= 11 is 0. The van der Waals surface area contributed by atoms with Gasteiger partial charge in [0, 0.05) is 5.56 Å². The molecule has 5 nitrogen and oxygen atoms in total. The van der Waals surface area contributed by atoms with Crippen LogP contribution in [0.1, 0.15) is 10.4 Å². The smallest absolute Gasteiger partial charge is 0.406 e. The van der Waals surface area contributed by atoms with Gasteiger partial charge >= 0.3 is 12.1 Å². The maximum atomic E-state index is 12.3. The average molecular weight is 291 g/mol. The first-order chi connectivity index (χ1) is 9.23. The van der Waals surface area contributed by atoms with E-state index in [0.717, 1.165) is 0 Å². The zero-order valence-electron chi connectivity index (χ0n) is 10.5. The Labute approximate surface area is 112 Å². The molecule has 8 heteroatoms. The van der Waals surface area contributed by atoms with Gasteiger partial charge in [0.15, 0.2) is 0 Å². The van der Waals surface area contributed by atoms with E-state index >= 15 is 0 Å². The van der Waals surface area contributed by atoms with Crippen molar-refractivity contribution in [3.05, 3.63) is 29.8 Å². The first-order valence-electron chi connectivity index (χ1n) is 5.45. The first-order valence-corrected chi connectivity index (χ1v) is 5.45. The highest BCUT2D eigenvalue weighted by Crippen LogP contribution is 2.19. The number of ether oxygens (including phenoxy) is 1. The van der Waals surface area contributed by atoms with Crippen molar-refractivity contribution in [1.82, 2.24) is 4.90 Å². The molecule has 0 fully saturated rings. The fourth-order valence-electron chi connectivity index (χ4n) is 1.50. The Morgan fingerprint density at radius 1 is 1.25 bits per heavy atom. The van der Waals surface area contributed by atoms with E-state index in [-0.39, 0.29) is 10.5 Å². The zero-order valence-corrected chi connectivity index (χ0v) is 10.5. The molecule has 0 spiro atoms. The first kappa shape index (κ1) is 15.8. The zero-order chi connectivity index (χ0) is 15.3. The quantitative estimate of drug-likeness (QED) is 0.898. The van der Waals surface area contributed by atoms with Crippen molar-refractivity contribution in [2.45, 2.75) is 6.18 Å². The number of alkyl halides is 3. The number of carbonyl (C=O) groups is 2. The highest BCUT2D eigenvalue weighted by molar-refractivity contribution is 5.96. The molecule has 0 heterocycles. The molecule has 0 bridgehead atoms. The van der Waals surface area contributed by atoms with Crippen LogP contribution in [-0.2, 0) is 4.79 Å². The Morgan fingerprint density at radius 2 is 1.80 bits per heavy atom. The second-order valence-electron chi connectivity index (χ2n) is 3.90. The molecule has 1 aromatic rings. The molecule has 0 atom stereocenters. The molecule has 0 aromatic heterocycles. The number of carbonyl (C=O) groups excluding carboxylic acids is 1. The largest absolute Gasteiger partial charge is 0.497 e. The van der Waals surface area contributed by atoms with Crippen LogP contribution in [0, 0.1) is 0 Å². The van der Waals surface area contributed by atoms with Crippen molar-refractivity contribution in [2.75, 3.05) is 20.2 Å². The third-order valence-corrected chi connectivity index (χ3v) is 2.32. The van der Waals surface area contributed by atoms with E-state index in [1.54, 1.807) is 0 Å². The van der Waals surface area contributed by atoms with Crippen molar-refractivity contribution in [3.8, 4) is 5.75 Å². The van der Waals surface area contributed by atoms with E-state index in [9.17, 15) is 22.8 Å². The third kappa shape index (κ3) is 4.79. The number of hydrogen-bond donors (Lipinski definition) is 1. The molecule has 0 aliphatic carbocycles. The summed E-state index contributed by atoms with van der Waals surface area (Å²) in [5, 5.41) is 8.58. The third-order valence-electron chi connectivity index (χ3n) is 2.32. The van der Waals surface area contributed by atoms with Gasteiger partial charge < -0.3 is 14.7 Å². The van der Waals surface area contributed by atoms with Crippen LogP contribution < -0.4 is 4.74 Å². The Kier molecular flexibility index (Phi) is 4.95. The number of halogens is 3. The maximum absolute atomic E-state index is 12.3. The minimum Gasteiger partial charge on any atom is -0.497 e. The van der Waals surface area contributed by atoms with Crippen LogP contribution in [0.25, 0.3) is 0 Å². The van der Waals surface area contributed by atoms with Gasteiger partial charge in [-0.15, -0.1) is 0 Å². The highest BCUT2D eigenvalue weighted by Gasteiger charge is 2.34. The lowest BCUT2D eigenvalue weighted by molar-refractivity contribution is -0.149. The predicted octanol–water partition coefficient (Wildman–Crippen LogP) is 1.78. The number of carboxylic acid groups (broad SMARTS) is 1. The summed E-state index contributed by atoms with van der Waals surface area (Å²) in [5.74, 6) is -2.09. The normalized spacial score (nSPS) is 11.0. The van der Waals surface area contributed by atoms with Crippen LogP contribution in [0.2, 0.25) is 0 Å². The molecular weight excluding hydrogens is 279 g/mol. The van der Waals surface area contributed by atoms with Crippen LogP contribution in [-0.4, -0.2) is 48.3 Å². The number of nitrogens with zero attached hydrogens (tertiary/aromatic N) is 1. The van der Waals surface area contributed by atoms with Crippen LogP contribution >= 0.6 is 0 Å². The number of methoxy groups -OCH3 is 1. The van der Waals surface area contributed by atoms with Crippen LogP contribution in [0.15, 0.2) is 24.3 Å². The Morgan fingerprint density at radius 3 is 2.20 bits per heavy atom. The van der Waals surface area contributed by atoms with Gasteiger partial charge in [0.2, 0.25) is 0 Å². The summed E-state index contributed by atoms with van der Waals surface area (Å²) in [4.78, 5) is 22.7. The molecule has 0 radical (unpaired) electrons. The molecule has 0 saturated heterocycles. The van der Waals surface area contributed by atoms with Gasteiger partial charge in [-0.2, -0.15) is 13.2 Å². The lowest BCUT2D eigenvalue weighted by Crippen LogP contribution is -2.42. The second-order valence-corrected chi connectivity index (χ2v) is 3.90. The van der Waals surface area contributed by atoms with Gasteiger partial charge in [0.25, 0.3) is 5.91 Å². The standard InChI is InChI=1S/C12H12F3NO4/c1-20-9-4-2-8(3-5-9)11(19)16(6-10(17)18)7-12(13,14)15/h2-5H,6-7H2,1H3,(H,17,18). The summed E-state index contributed by atoms with van der Waals surface area (Å²) in [7, 11) is 1.40. The van der Waals surface area contributed by atoms with Crippen molar-refractivity contribution < 1.29 is 32.6 Å². The topological polar surface area (TPSA) is 66.8 Å². The fraction of sp³-hybridized carbons (Fsp3) is 0.333. The molecule has 0 aliphatic heterocycles. The second kappa shape index (κ2) is 6.27. The van der Waals surface area contributed by atoms with Crippen molar-refractivity contribution >= 4 is 11.9 Å². The van der Waals surface area contributed by atoms with E-state index in [1.165, 1.54) is 31.4 Å². The summed E-state index contributed by atoms with van der Waals surface area (Å²) < 4.78 is 41.9. The van der Waals surface area contributed by atoms with E-state index < -0.39 is 31.1 Å². The molecule has 0 aliphatic rings. The summed E-state index contributed by atoms with van der Waals surface area (Å²) in [6, 6.07) is 5.35. The minimum absolute atomic E-state index is 0.0451. The summed E-state index contributed by atoms with van der Waals surface area (Å²) in [6.45, 7) is -2.64. The van der Waals surface area contributed by atoms with Gasteiger partial charge in [0.1, 0.15) is 18.8 Å². The number of aliphatic carboxylic acids is 1. The Hall–Kier alpha value is -2.25. The number of carboxylic acids is 1. The monoisotopic (exact) mass is 291 g/mol. The summed E-state index contributed by atoms with van der Waals surface area (Å²) in [6.07, 6.45) is -4.67. The van der Waals surface area contributed by atoms with Gasteiger partial charge in [-0.3, -0.25) is 9.59 Å². The van der Waals surface area contributed by atoms with Crippen LogP contribution in [0.4, 0.5) is 13.2 Å². The number of benzene rings is 1.